The Morgan fingerprint density at radius 2 is 1.92 bits per heavy atom. The number of allylic oxidation sites excluding steroid dienone is 3. The normalized spacial score (nSPS) is 37.4. The van der Waals surface area contributed by atoms with Crippen LogP contribution in [0.15, 0.2) is 35.5 Å². The van der Waals surface area contributed by atoms with Crippen molar-refractivity contribution in [2.45, 2.75) is 115 Å². The average molecular weight is 507 g/mol. The summed E-state index contributed by atoms with van der Waals surface area (Å²) in [6.45, 7) is 12.5. The van der Waals surface area contributed by atoms with Crippen molar-refractivity contribution in [3.05, 3.63) is 35.5 Å². The van der Waals surface area contributed by atoms with Gasteiger partial charge in [0.2, 0.25) is 0 Å². The fourth-order valence-corrected chi connectivity index (χ4v) is 7.13. The molecule has 6 nitrogen and oxygen atoms in total. The van der Waals surface area contributed by atoms with Gasteiger partial charge in [0.05, 0.1) is 17.8 Å². The highest BCUT2D eigenvalue weighted by Crippen LogP contribution is 2.60. The Kier molecular flexibility index (Phi) is 10.0. The summed E-state index contributed by atoms with van der Waals surface area (Å²) in [7, 11) is 0. The molecule has 3 fully saturated rings. The van der Waals surface area contributed by atoms with E-state index < -0.39 is 30.0 Å². The minimum atomic E-state index is -1.06. The zero-order chi connectivity index (χ0) is 26.7. The first kappa shape index (κ1) is 29.5. The van der Waals surface area contributed by atoms with Crippen LogP contribution in [0.2, 0.25) is 0 Å². The van der Waals surface area contributed by atoms with Gasteiger partial charge in [-0.05, 0) is 99.5 Å². The van der Waals surface area contributed by atoms with Crippen molar-refractivity contribution in [3.63, 3.8) is 0 Å². The number of rotatable bonds is 10. The highest BCUT2D eigenvalue weighted by molar-refractivity contribution is 5.40. The molecule has 0 aliphatic heterocycles. The number of fused-ring (bicyclic) bond motifs is 1. The fourth-order valence-electron chi connectivity index (χ4n) is 7.13. The summed E-state index contributed by atoms with van der Waals surface area (Å²) in [5.74, 6) is 1.61. The zero-order valence-corrected chi connectivity index (χ0v) is 22.8. The Labute approximate surface area is 217 Å². The molecule has 0 bridgehead atoms. The molecule has 0 unspecified atom stereocenters. The summed E-state index contributed by atoms with van der Waals surface area (Å²) in [5, 5.41) is 50.7. The standard InChI is InChI=1S/C30H50O6/c1-19(9-14-26(33)29(3,4)35)23-12-13-24-21(8-6-15-30(23,24)5)10-11-22-18-25(32)28(27(34)20(22)2)36-17-7-16-31/h10-11,19,23-28,31-35H,2,6-9,12-18H2,1,3-5H3/b21-10+,22-11-/t19-,23-,24+,25-,26+,27-,28-,30-/m1/s1. The van der Waals surface area contributed by atoms with E-state index >= 15 is 0 Å². The summed E-state index contributed by atoms with van der Waals surface area (Å²) < 4.78 is 5.63. The molecule has 0 radical (unpaired) electrons. The minimum Gasteiger partial charge on any atom is -0.396 e. The maximum absolute atomic E-state index is 10.7. The van der Waals surface area contributed by atoms with Gasteiger partial charge in [-0.3, -0.25) is 0 Å². The van der Waals surface area contributed by atoms with Crippen LogP contribution in [-0.2, 0) is 4.74 Å². The van der Waals surface area contributed by atoms with Gasteiger partial charge in [-0.25, -0.2) is 0 Å². The second kappa shape index (κ2) is 12.2. The Bertz CT molecular complexity index is 811. The monoisotopic (exact) mass is 506 g/mol. The summed E-state index contributed by atoms with van der Waals surface area (Å²) in [6, 6.07) is 0. The van der Waals surface area contributed by atoms with E-state index in [2.05, 4.69) is 32.6 Å². The van der Waals surface area contributed by atoms with Crippen LogP contribution in [0.4, 0.5) is 0 Å². The molecule has 0 aromatic carbocycles. The first-order chi connectivity index (χ1) is 16.9. The smallest absolute Gasteiger partial charge is 0.114 e. The summed E-state index contributed by atoms with van der Waals surface area (Å²) >= 11 is 0. The quantitative estimate of drug-likeness (QED) is 0.286. The highest BCUT2D eigenvalue weighted by Gasteiger charge is 2.50. The van der Waals surface area contributed by atoms with E-state index in [0.717, 1.165) is 24.8 Å². The number of ether oxygens (including phenoxy) is 1. The first-order valence-corrected chi connectivity index (χ1v) is 14.0. The molecule has 3 aliphatic carbocycles. The molecule has 5 N–H and O–H groups in total. The third-order valence-electron chi connectivity index (χ3n) is 9.44. The molecule has 0 spiro atoms. The van der Waals surface area contributed by atoms with Gasteiger partial charge < -0.3 is 30.3 Å². The van der Waals surface area contributed by atoms with Crippen molar-refractivity contribution in [2.24, 2.45) is 23.2 Å². The van der Waals surface area contributed by atoms with Crippen LogP contribution in [0.1, 0.15) is 85.5 Å². The maximum Gasteiger partial charge on any atom is 0.114 e. The van der Waals surface area contributed by atoms with Gasteiger partial charge in [-0.1, -0.05) is 38.2 Å². The fraction of sp³-hybridized carbons (Fsp3) is 0.800. The van der Waals surface area contributed by atoms with Crippen molar-refractivity contribution in [1.82, 2.24) is 0 Å². The number of aliphatic hydroxyl groups is 5. The largest absolute Gasteiger partial charge is 0.396 e. The second-order valence-corrected chi connectivity index (χ2v) is 12.4. The molecule has 3 rings (SSSR count). The Morgan fingerprint density at radius 3 is 2.58 bits per heavy atom. The van der Waals surface area contributed by atoms with Crippen LogP contribution >= 0.6 is 0 Å². The molecular weight excluding hydrogens is 456 g/mol. The molecule has 3 aliphatic rings. The lowest BCUT2D eigenvalue weighted by atomic mass is 9.60. The third kappa shape index (κ3) is 6.51. The van der Waals surface area contributed by atoms with Crippen LogP contribution in [0, 0.1) is 23.2 Å². The van der Waals surface area contributed by atoms with Crippen LogP contribution in [0.25, 0.3) is 0 Å². The molecule has 0 aromatic rings. The lowest BCUT2D eigenvalue weighted by molar-refractivity contribution is -0.0968. The minimum absolute atomic E-state index is 0.0150. The van der Waals surface area contributed by atoms with Crippen LogP contribution in [-0.4, -0.2) is 68.8 Å². The second-order valence-electron chi connectivity index (χ2n) is 12.4. The van der Waals surface area contributed by atoms with Crippen molar-refractivity contribution in [2.75, 3.05) is 13.2 Å². The lowest BCUT2D eigenvalue weighted by Gasteiger charge is -2.44. The number of aliphatic hydroxyl groups excluding tert-OH is 4. The van der Waals surface area contributed by atoms with Gasteiger partial charge >= 0.3 is 0 Å². The average Bonchev–Trinajstić information content (AvgIpc) is 3.17. The maximum atomic E-state index is 10.7. The SMILES string of the molecule is C=C1/C(=C\C=C2/CCC[C@]3(C)[C@@H]([C@H](C)CC[C@H](O)C(C)(C)O)CC[C@@H]23)C[C@@H](O)[C@@H](OCCCO)[C@@H]1O. The lowest BCUT2D eigenvalue weighted by Crippen LogP contribution is -2.45. The van der Waals surface area contributed by atoms with Crippen LogP contribution < -0.4 is 0 Å². The van der Waals surface area contributed by atoms with Crippen LogP contribution in [0.5, 0.6) is 0 Å². The first-order valence-electron chi connectivity index (χ1n) is 14.0. The molecule has 8 atom stereocenters. The van der Waals surface area contributed by atoms with E-state index in [1.54, 1.807) is 13.8 Å². The van der Waals surface area contributed by atoms with E-state index in [1.165, 1.54) is 24.8 Å². The highest BCUT2D eigenvalue weighted by atomic mass is 16.5. The molecule has 0 amide bonds. The van der Waals surface area contributed by atoms with Crippen molar-refractivity contribution >= 4 is 0 Å². The van der Waals surface area contributed by atoms with Crippen molar-refractivity contribution in [1.29, 1.82) is 0 Å². The summed E-state index contributed by atoms with van der Waals surface area (Å²) in [4.78, 5) is 0. The van der Waals surface area contributed by atoms with E-state index in [4.69, 9.17) is 9.84 Å². The van der Waals surface area contributed by atoms with Gasteiger partial charge in [-0.2, -0.15) is 0 Å². The third-order valence-corrected chi connectivity index (χ3v) is 9.44. The zero-order valence-electron chi connectivity index (χ0n) is 22.8. The molecule has 0 heterocycles. The molecule has 36 heavy (non-hydrogen) atoms. The van der Waals surface area contributed by atoms with E-state index in [0.29, 0.717) is 49.2 Å². The van der Waals surface area contributed by atoms with Gasteiger partial charge in [0.1, 0.15) is 12.2 Å². The molecule has 0 saturated heterocycles. The predicted molar refractivity (Wildman–Crippen MR) is 142 cm³/mol. The summed E-state index contributed by atoms with van der Waals surface area (Å²) in [6.07, 6.45) is 9.31. The Morgan fingerprint density at radius 1 is 1.19 bits per heavy atom. The number of hydrogen-bond acceptors (Lipinski definition) is 6. The van der Waals surface area contributed by atoms with Gasteiger partial charge in [0, 0.05) is 19.6 Å². The van der Waals surface area contributed by atoms with E-state index in [-0.39, 0.29) is 12.0 Å². The van der Waals surface area contributed by atoms with Crippen LogP contribution in [0.3, 0.4) is 0 Å². The topological polar surface area (TPSA) is 110 Å². The van der Waals surface area contributed by atoms with E-state index in [1.807, 2.05) is 0 Å². The van der Waals surface area contributed by atoms with Crippen molar-refractivity contribution < 1.29 is 30.3 Å². The molecule has 206 valence electrons. The van der Waals surface area contributed by atoms with Crippen molar-refractivity contribution in [3.8, 4) is 0 Å². The number of hydrogen-bond donors (Lipinski definition) is 5. The molecule has 0 aromatic heterocycles. The van der Waals surface area contributed by atoms with Gasteiger partial charge in [0.25, 0.3) is 0 Å². The Balaban J connectivity index is 1.68. The molecular formula is C30H50O6. The Hall–Kier alpha value is -1.02. The predicted octanol–water partition coefficient (Wildman–Crippen LogP) is 4.05. The summed E-state index contributed by atoms with van der Waals surface area (Å²) in [5.41, 5.74) is 2.11. The van der Waals surface area contributed by atoms with Gasteiger partial charge in [0.15, 0.2) is 0 Å². The molecule has 6 heteroatoms. The van der Waals surface area contributed by atoms with E-state index in [9.17, 15) is 20.4 Å². The van der Waals surface area contributed by atoms with Gasteiger partial charge in [-0.15, -0.1) is 0 Å². The molecule has 3 saturated carbocycles.